The molecule has 3 rings (SSSR count). The van der Waals surface area contributed by atoms with Crippen LogP contribution < -0.4 is 4.74 Å². The van der Waals surface area contributed by atoms with E-state index in [0.29, 0.717) is 12.4 Å². The van der Waals surface area contributed by atoms with Crippen molar-refractivity contribution in [3.8, 4) is 5.75 Å². The number of nitrogens with zero attached hydrogens (tertiary/aromatic N) is 1. The number of pyridine rings is 1. The summed E-state index contributed by atoms with van der Waals surface area (Å²) in [5, 5.41) is 12.1. The second-order valence-electron chi connectivity index (χ2n) is 4.26. The Labute approximate surface area is 119 Å². The van der Waals surface area contributed by atoms with Gasteiger partial charge in [-0.15, -0.1) is 11.3 Å². The van der Waals surface area contributed by atoms with E-state index in [0.717, 1.165) is 5.56 Å². The van der Waals surface area contributed by atoms with Gasteiger partial charge < -0.3 is 9.84 Å². The van der Waals surface area contributed by atoms with Gasteiger partial charge in [-0.1, -0.05) is 18.2 Å². The van der Waals surface area contributed by atoms with E-state index in [1.165, 1.54) is 28.5 Å². The molecule has 0 bridgehead atoms. The Morgan fingerprint density at radius 1 is 1.30 bits per heavy atom. The van der Waals surface area contributed by atoms with Gasteiger partial charge in [0.25, 0.3) is 0 Å². The SMILES string of the molecule is O=C(O)c1cncc(OCc2csc3ccccc23)c1. The molecule has 0 aliphatic rings. The van der Waals surface area contributed by atoms with E-state index in [4.69, 9.17) is 9.84 Å². The van der Waals surface area contributed by atoms with Crippen LogP contribution in [0.25, 0.3) is 10.1 Å². The van der Waals surface area contributed by atoms with E-state index in [1.54, 1.807) is 11.3 Å². The first-order valence-corrected chi connectivity index (χ1v) is 6.88. The van der Waals surface area contributed by atoms with E-state index in [1.807, 2.05) is 12.1 Å². The number of aromatic carboxylic acids is 1. The fourth-order valence-corrected chi connectivity index (χ4v) is 2.87. The lowest BCUT2D eigenvalue weighted by molar-refractivity contribution is 0.0696. The quantitative estimate of drug-likeness (QED) is 0.796. The second-order valence-corrected chi connectivity index (χ2v) is 5.17. The van der Waals surface area contributed by atoms with E-state index in [9.17, 15) is 4.79 Å². The molecule has 0 saturated heterocycles. The minimum atomic E-state index is -1.01. The normalized spacial score (nSPS) is 10.6. The summed E-state index contributed by atoms with van der Waals surface area (Å²) in [6.45, 7) is 0.398. The van der Waals surface area contributed by atoms with E-state index in [-0.39, 0.29) is 5.56 Å². The molecule has 0 atom stereocenters. The molecule has 0 radical (unpaired) electrons. The summed E-state index contributed by atoms with van der Waals surface area (Å²) >= 11 is 1.67. The molecule has 1 N–H and O–H groups in total. The fraction of sp³-hybridized carbons (Fsp3) is 0.0667. The van der Waals surface area contributed by atoms with Gasteiger partial charge in [0.15, 0.2) is 0 Å². The summed E-state index contributed by atoms with van der Waals surface area (Å²) in [6, 6.07) is 9.59. The maximum atomic E-state index is 10.9. The summed E-state index contributed by atoms with van der Waals surface area (Å²) in [6.07, 6.45) is 2.82. The van der Waals surface area contributed by atoms with Gasteiger partial charge in [-0.05, 0) is 22.9 Å². The van der Waals surface area contributed by atoms with Crippen molar-refractivity contribution in [1.82, 2.24) is 4.98 Å². The molecule has 0 fully saturated rings. The number of carboxylic acid groups (broad SMARTS) is 1. The minimum Gasteiger partial charge on any atom is -0.487 e. The van der Waals surface area contributed by atoms with Crippen LogP contribution in [0.5, 0.6) is 5.75 Å². The highest BCUT2D eigenvalue weighted by atomic mass is 32.1. The van der Waals surface area contributed by atoms with Crippen LogP contribution in [-0.2, 0) is 6.61 Å². The lowest BCUT2D eigenvalue weighted by Gasteiger charge is -2.05. The summed E-state index contributed by atoms with van der Waals surface area (Å²) in [5.74, 6) is -0.552. The number of fused-ring (bicyclic) bond motifs is 1. The highest BCUT2D eigenvalue weighted by molar-refractivity contribution is 7.17. The van der Waals surface area contributed by atoms with Crippen molar-refractivity contribution in [3.63, 3.8) is 0 Å². The van der Waals surface area contributed by atoms with Crippen LogP contribution in [0.1, 0.15) is 15.9 Å². The van der Waals surface area contributed by atoms with Crippen LogP contribution >= 0.6 is 11.3 Å². The van der Waals surface area contributed by atoms with Crippen molar-refractivity contribution < 1.29 is 14.6 Å². The Kier molecular flexibility index (Phi) is 3.35. The predicted molar refractivity (Wildman–Crippen MR) is 77.4 cm³/mol. The van der Waals surface area contributed by atoms with Gasteiger partial charge in [0, 0.05) is 16.5 Å². The van der Waals surface area contributed by atoms with Crippen LogP contribution in [0.2, 0.25) is 0 Å². The average molecular weight is 285 g/mol. The van der Waals surface area contributed by atoms with Gasteiger partial charge in [0.2, 0.25) is 0 Å². The Morgan fingerprint density at radius 3 is 3.00 bits per heavy atom. The molecular formula is C15H11NO3S. The number of carbonyl (C=O) groups is 1. The molecule has 100 valence electrons. The molecule has 0 aliphatic heterocycles. The molecule has 0 amide bonds. The smallest absolute Gasteiger partial charge is 0.337 e. The van der Waals surface area contributed by atoms with E-state index < -0.39 is 5.97 Å². The first-order chi connectivity index (χ1) is 9.74. The predicted octanol–water partition coefficient (Wildman–Crippen LogP) is 3.57. The highest BCUT2D eigenvalue weighted by Gasteiger charge is 2.07. The number of hydrogen-bond acceptors (Lipinski definition) is 4. The monoisotopic (exact) mass is 285 g/mol. The number of aromatic nitrogens is 1. The summed E-state index contributed by atoms with van der Waals surface area (Å²) in [5.41, 5.74) is 1.21. The van der Waals surface area contributed by atoms with Gasteiger partial charge in [0.1, 0.15) is 12.4 Å². The fourth-order valence-electron chi connectivity index (χ4n) is 1.92. The Bertz CT molecular complexity index is 766. The van der Waals surface area contributed by atoms with Crippen molar-refractivity contribution in [1.29, 1.82) is 0 Å². The molecule has 0 unspecified atom stereocenters. The summed E-state index contributed by atoms with van der Waals surface area (Å²) in [4.78, 5) is 14.7. The summed E-state index contributed by atoms with van der Waals surface area (Å²) < 4.78 is 6.84. The molecule has 0 spiro atoms. The first kappa shape index (κ1) is 12.6. The van der Waals surface area contributed by atoms with Crippen molar-refractivity contribution >= 4 is 27.4 Å². The van der Waals surface area contributed by atoms with Gasteiger partial charge in [-0.3, -0.25) is 4.98 Å². The molecule has 20 heavy (non-hydrogen) atoms. The van der Waals surface area contributed by atoms with E-state index >= 15 is 0 Å². The number of hydrogen-bond donors (Lipinski definition) is 1. The molecule has 2 aromatic heterocycles. The topological polar surface area (TPSA) is 59.4 Å². The third kappa shape index (κ3) is 2.48. The number of thiophene rings is 1. The molecule has 3 aromatic rings. The van der Waals surface area contributed by atoms with E-state index in [2.05, 4.69) is 22.5 Å². The van der Waals surface area contributed by atoms with Gasteiger partial charge in [0.05, 0.1) is 11.8 Å². The lowest BCUT2D eigenvalue weighted by Crippen LogP contribution is -2.00. The molecule has 4 nitrogen and oxygen atoms in total. The number of carboxylic acids is 1. The van der Waals surface area contributed by atoms with Crippen molar-refractivity contribution in [2.24, 2.45) is 0 Å². The maximum Gasteiger partial charge on any atom is 0.337 e. The molecule has 5 heteroatoms. The Morgan fingerprint density at radius 2 is 2.15 bits per heavy atom. The third-order valence-electron chi connectivity index (χ3n) is 2.92. The molecule has 0 saturated carbocycles. The van der Waals surface area contributed by atoms with Crippen molar-refractivity contribution in [2.75, 3.05) is 0 Å². The van der Waals surface area contributed by atoms with Gasteiger partial charge in [-0.25, -0.2) is 4.79 Å². The largest absolute Gasteiger partial charge is 0.487 e. The standard InChI is InChI=1S/C15H11NO3S/c17-15(18)10-5-12(7-16-6-10)19-8-11-9-20-14-4-2-1-3-13(11)14/h1-7,9H,8H2,(H,17,18). The zero-order chi connectivity index (χ0) is 13.9. The molecule has 1 aromatic carbocycles. The zero-order valence-corrected chi connectivity index (χ0v) is 11.3. The number of ether oxygens (including phenoxy) is 1. The number of benzene rings is 1. The average Bonchev–Trinajstić information content (AvgIpc) is 2.89. The summed E-state index contributed by atoms with van der Waals surface area (Å²) in [7, 11) is 0. The zero-order valence-electron chi connectivity index (χ0n) is 10.4. The van der Waals surface area contributed by atoms with Crippen molar-refractivity contribution in [3.05, 3.63) is 59.2 Å². The lowest BCUT2D eigenvalue weighted by atomic mass is 10.2. The number of rotatable bonds is 4. The first-order valence-electron chi connectivity index (χ1n) is 6.00. The van der Waals surface area contributed by atoms with Gasteiger partial charge >= 0.3 is 5.97 Å². The maximum absolute atomic E-state index is 10.9. The Balaban J connectivity index is 1.79. The third-order valence-corrected chi connectivity index (χ3v) is 3.93. The highest BCUT2D eigenvalue weighted by Crippen LogP contribution is 2.26. The van der Waals surface area contributed by atoms with Crippen LogP contribution in [-0.4, -0.2) is 16.1 Å². The van der Waals surface area contributed by atoms with Crippen molar-refractivity contribution in [2.45, 2.75) is 6.61 Å². The van der Waals surface area contributed by atoms with Crippen LogP contribution in [0.3, 0.4) is 0 Å². The molecule has 2 heterocycles. The van der Waals surface area contributed by atoms with Crippen LogP contribution in [0.4, 0.5) is 0 Å². The van der Waals surface area contributed by atoms with Crippen LogP contribution in [0.15, 0.2) is 48.1 Å². The van der Waals surface area contributed by atoms with Gasteiger partial charge in [-0.2, -0.15) is 0 Å². The minimum absolute atomic E-state index is 0.123. The Hall–Kier alpha value is -2.40. The second kappa shape index (κ2) is 5.30. The molecular weight excluding hydrogens is 274 g/mol. The molecule has 0 aliphatic carbocycles. The van der Waals surface area contributed by atoms with Crippen LogP contribution in [0, 0.1) is 0 Å².